The number of morpholine rings is 1. The second kappa shape index (κ2) is 11.4. The Labute approximate surface area is 176 Å². The summed E-state index contributed by atoms with van der Waals surface area (Å²) in [6.07, 6.45) is 1.18. The van der Waals surface area contributed by atoms with E-state index in [1.165, 1.54) is 25.1 Å². The van der Waals surface area contributed by atoms with Crippen LogP contribution in [0, 0.1) is 5.82 Å². The molecule has 158 valence electrons. The van der Waals surface area contributed by atoms with Crippen LogP contribution in [-0.4, -0.2) is 46.5 Å². The van der Waals surface area contributed by atoms with Crippen molar-refractivity contribution in [3.8, 4) is 11.5 Å². The maximum absolute atomic E-state index is 13.0. The van der Waals surface area contributed by atoms with Gasteiger partial charge in [0.25, 0.3) is 0 Å². The quantitative estimate of drug-likeness (QED) is 0.567. The summed E-state index contributed by atoms with van der Waals surface area (Å²) in [4.78, 5) is 1.64. The van der Waals surface area contributed by atoms with E-state index in [2.05, 4.69) is 5.32 Å². The molecule has 1 heterocycles. The van der Waals surface area contributed by atoms with Gasteiger partial charge < -0.3 is 24.4 Å². The zero-order valence-electron chi connectivity index (χ0n) is 16.9. The van der Waals surface area contributed by atoms with E-state index in [4.69, 9.17) is 25.8 Å². The van der Waals surface area contributed by atoms with Crippen LogP contribution < -0.4 is 19.7 Å². The zero-order chi connectivity index (χ0) is 20.5. The predicted molar refractivity (Wildman–Crippen MR) is 110 cm³/mol. The molecule has 0 aromatic heterocycles. The summed E-state index contributed by atoms with van der Waals surface area (Å²) in [6, 6.07) is 10.1. The molecule has 29 heavy (non-hydrogen) atoms. The minimum Gasteiger partial charge on any atom is -0.493 e. The fourth-order valence-electron chi connectivity index (χ4n) is 3.44. The van der Waals surface area contributed by atoms with Crippen molar-refractivity contribution < 1.29 is 28.8 Å². The number of quaternary nitrogens is 2. The van der Waals surface area contributed by atoms with Gasteiger partial charge in [0.05, 0.1) is 38.4 Å². The molecule has 2 aromatic rings. The molecule has 5 nitrogen and oxygen atoms in total. The molecule has 0 aliphatic carbocycles. The second-order valence-corrected chi connectivity index (χ2v) is 7.68. The van der Waals surface area contributed by atoms with Gasteiger partial charge in [0.15, 0.2) is 11.5 Å². The van der Waals surface area contributed by atoms with E-state index in [1.54, 1.807) is 24.1 Å². The predicted octanol–water partition coefficient (Wildman–Crippen LogP) is 1.44. The summed E-state index contributed by atoms with van der Waals surface area (Å²) in [5, 5.41) is 2.82. The average molecular weight is 425 g/mol. The van der Waals surface area contributed by atoms with Gasteiger partial charge in [-0.1, -0.05) is 23.7 Å². The van der Waals surface area contributed by atoms with Gasteiger partial charge in [0.2, 0.25) is 0 Å². The van der Waals surface area contributed by atoms with Crippen LogP contribution in [0.3, 0.4) is 0 Å². The Morgan fingerprint density at radius 1 is 1.14 bits per heavy atom. The van der Waals surface area contributed by atoms with E-state index in [9.17, 15) is 4.39 Å². The Morgan fingerprint density at radius 3 is 2.62 bits per heavy atom. The Balaban J connectivity index is 1.48. The number of nitrogens with two attached hydrogens (primary N) is 1. The van der Waals surface area contributed by atoms with E-state index < -0.39 is 0 Å². The van der Waals surface area contributed by atoms with Crippen molar-refractivity contribution >= 4 is 11.6 Å². The molecule has 0 spiro atoms. The minimum atomic E-state index is -0.267. The molecule has 0 radical (unpaired) electrons. The lowest BCUT2D eigenvalue weighted by atomic mass is 10.2. The van der Waals surface area contributed by atoms with Crippen LogP contribution in [0.2, 0.25) is 5.02 Å². The highest BCUT2D eigenvalue weighted by Gasteiger charge is 2.15. The van der Waals surface area contributed by atoms with Gasteiger partial charge in [-0.05, 0) is 29.8 Å². The van der Waals surface area contributed by atoms with Crippen molar-refractivity contribution in [1.82, 2.24) is 0 Å². The largest absolute Gasteiger partial charge is 0.493 e. The van der Waals surface area contributed by atoms with Crippen LogP contribution in [0.15, 0.2) is 36.4 Å². The summed E-state index contributed by atoms with van der Waals surface area (Å²) in [6.45, 7) is 7.41. The van der Waals surface area contributed by atoms with Crippen LogP contribution >= 0.6 is 11.6 Å². The molecular weight excluding hydrogens is 395 g/mol. The molecule has 0 unspecified atom stereocenters. The Morgan fingerprint density at radius 2 is 1.90 bits per heavy atom. The van der Waals surface area contributed by atoms with Crippen molar-refractivity contribution in [2.45, 2.75) is 19.6 Å². The highest BCUT2D eigenvalue weighted by Crippen LogP contribution is 2.36. The summed E-state index contributed by atoms with van der Waals surface area (Å²) in [5.41, 5.74) is 1.96. The Kier molecular flexibility index (Phi) is 8.55. The van der Waals surface area contributed by atoms with E-state index in [-0.39, 0.29) is 5.82 Å². The minimum absolute atomic E-state index is 0.267. The van der Waals surface area contributed by atoms with E-state index >= 15 is 0 Å². The number of halogens is 2. The molecule has 1 saturated heterocycles. The van der Waals surface area contributed by atoms with Crippen molar-refractivity contribution in [1.29, 1.82) is 0 Å². The van der Waals surface area contributed by atoms with Crippen molar-refractivity contribution in [3.05, 3.63) is 58.4 Å². The lowest BCUT2D eigenvalue weighted by Gasteiger charge is -2.23. The van der Waals surface area contributed by atoms with E-state index in [0.29, 0.717) is 23.1 Å². The van der Waals surface area contributed by atoms with E-state index in [1.807, 2.05) is 12.1 Å². The molecule has 3 rings (SSSR count). The molecule has 2 aromatic carbocycles. The number of rotatable bonds is 10. The molecule has 7 heteroatoms. The summed E-state index contributed by atoms with van der Waals surface area (Å²) in [7, 11) is 1.61. The first-order valence-electron chi connectivity index (χ1n) is 10.1. The summed E-state index contributed by atoms with van der Waals surface area (Å²) < 4.78 is 29.8. The number of benzene rings is 2. The van der Waals surface area contributed by atoms with Gasteiger partial charge in [-0.2, -0.15) is 0 Å². The third-order valence-corrected chi connectivity index (χ3v) is 5.38. The molecule has 0 amide bonds. The Bertz CT molecular complexity index is 767. The first-order valence-corrected chi connectivity index (χ1v) is 10.5. The first kappa shape index (κ1) is 21.8. The molecule has 0 saturated carbocycles. The van der Waals surface area contributed by atoms with Crippen molar-refractivity contribution in [2.24, 2.45) is 0 Å². The van der Waals surface area contributed by atoms with Crippen LogP contribution in [0.1, 0.15) is 17.5 Å². The first-order chi connectivity index (χ1) is 14.2. The van der Waals surface area contributed by atoms with Gasteiger partial charge >= 0.3 is 0 Å². The number of ether oxygens (including phenoxy) is 3. The molecule has 1 aliphatic heterocycles. The zero-order valence-corrected chi connectivity index (χ0v) is 17.6. The lowest BCUT2D eigenvalue weighted by Crippen LogP contribution is -3.14. The van der Waals surface area contributed by atoms with Crippen LogP contribution in [-0.2, 0) is 17.9 Å². The highest BCUT2D eigenvalue weighted by molar-refractivity contribution is 6.32. The van der Waals surface area contributed by atoms with Gasteiger partial charge in [-0.15, -0.1) is 0 Å². The monoisotopic (exact) mass is 424 g/mol. The van der Waals surface area contributed by atoms with Crippen LogP contribution in [0.25, 0.3) is 0 Å². The van der Waals surface area contributed by atoms with Crippen molar-refractivity contribution in [2.75, 3.05) is 46.5 Å². The van der Waals surface area contributed by atoms with E-state index in [0.717, 1.165) is 50.5 Å². The SMILES string of the molecule is COc1cc(C[NH2+]CCC[NH+]2CCOCC2)cc(Cl)c1OCc1ccc(F)cc1. The average Bonchev–Trinajstić information content (AvgIpc) is 2.74. The van der Waals surface area contributed by atoms with Gasteiger partial charge in [0, 0.05) is 12.0 Å². The summed E-state index contributed by atoms with van der Waals surface area (Å²) >= 11 is 6.45. The van der Waals surface area contributed by atoms with Gasteiger partial charge in [-0.25, -0.2) is 4.39 Å². The molecule has 0 bridgehead atoms. The fourth-order valence-corrected chi connectivity index (χ4v) is 3.73. The van der Waals surface area contributed by atoms with Crippen LogP contribution in [0.5, 0.6) is 11.5 Å². The number of methoxy groups -OCH3 is 1. The fraction of sp³-hybridized carbons (Fsp3) is 0.455. The molecule has 0 atom stereocenters. The molecule has 3 N–H and O–H groups in total. The molecular formula is C22H30ClFN2O3+2. The standard InChI is InChI=1S/C22H28ClFN2O3/c1-27-21-14-18(15-25-7-2-8-26-9-11-28-12-10-26)13-20(23)22(21)29-16-17-3-5-19(24)6-4-17/h3-6,13-14,25H,2,7-12,15-16H2,1H3/p+2. The maximum Gasteiger partial charge on any atom is 0.180 e. The second-order valence-electron chi connectivity index (χ2n) is 7.27. The molecule has 1 aliphatic rings. The van der Waals surface area contributed by atoms with Gasteiger partial charge in [0.1, 0.15) is 32.1 Å². The topological polar surface area (TPSA) is 48.7 Å². The maximum atomic E-state index is 13.0. The van der Waals surface area contributed by atoms with Crippen LogP contribution in [0.4, 0.5) is 4.39 Å². The Hall–Kier alpha value is -1.86. The smallest absolute Gasteiger partial charge is 0.180 e. The lowest BCUT2D eigenvalue weighted by molar-refractivity contribution is -0.909. The van der Waals surface area contributed by atoms with Gasteiger partial charge in [-0.3, -0.25) is 0 Å². The normalized spacial score (nSPS) is 14.7. The molecule has 1 fully saturated rings. The number of hydrogen-bond acceptors (Lipinski definition) is 3. The number of nitrogens with one attached hydrogen (secondary N) is 1. The highest BCUT2D eigenvalue weighted by atomic mass is 35.5. The summed E-state index contributed by atoms with van der Waals surface area (Å²) in [5.74, 6) is 0.857. The third kappa shape index (κ3) is 6.85. The third-order valence-electron chi connectivity index (χ3n) is 5.10. The van der Waals surface area contributed by atoms with Crippen molar-refractivity contribution in [3.63, 3.8) is 0 Å². The number of hydrogen-bond donors (Lipinski definition) is 2.